The predicted molar refractivity (Wildman–Crippen MR) is 96.7 cm³/mol. The van der Waals surface area contributed by atoms with Gasteiger partial charge in [0.25, 0.3) is 0 Å². The lowest BCUT2D eigenvalue weighted by atomic mass is 10.0. The van der Waals surface area contributed by atoms with Crippen LogP contribution < -0.4 is 5.32 Å². The number of rotatable bonds is 4. The number of fused-ring (bicyclic) bond motifs is 1. The third-order valence-electron chi connectivity index (χ3n) is 3.77. The number of sulfone groups is 1. The third-order valence-corrected chi connectivity index (χ3v) is 7.05. The van der Waals surface area contributed by atoms with E-state index in [1.54, 1.807) is 19.1 Å². The van der Waals surface area contributed by atoms with Crippen LogP contribution >= 0.6 is 35.0 Å². The minimum atomic E-state index is -3.06. The summed E-state index contributed by atoms with van der Waals surface area (Å²) in [5.74, 6) is -0.0143. The molecular formula is C14H15Cl2N3O3S2. The zero-order valence-corrected chi connectivity index (χ0v) is 15.9. The number of nitrogens with one attached hydrogen (secondary N) is 2. The lowest BCUT2D eigenvalue weighted by Crippen LogP contribution is -2.47. The van der Waals surface area contributed by atoms with Crippen molar-refractivity contribution >= 4 is 61.7 Å². The Balaban J connectivity index is 1.64. The largest absolute Gasteiger partial charge is 0.349 e. The second-order valence-corrected chi connectivity index (χ2v) is 10.1. The Morgan fingerprint density at radius 2 is 2.21 bits per heavy atom. The van der Waals surface area contributed by atoms with Gasteiger partial charge in [-0.05, 0) is 25.5 Å². The summed E-state index contributed by atoms with van der Waals surface area (Å²) < 4.78 is 23.1. The number of H-pyrrole nitrogens is 1. The van der Waals surface area contributed by atoms with Crippen LogP contribution in [0.2, 0.25) is 10.0 Å². The number of thioether (sulfide) groups is 1. The second kappa shape index (κ2) is 6.40. The van der Waals surface area contributed by atoms with Gasteiger partial charge in [0.2, 0.25) is 5.91 Å². The number of hydrogen-bond donors (Lipinski definition) is 2. The molecule has 2 aromatic rings. The zero-order valence-electron chi connectivity index (χ0n) is 12.7. The maximum atomic E-state index is 12.1. The monoisotopic (exact) mass is 407 g/mol. The predicted octanol–water partition coefficient (Wildman–Crippen LogP) is 2.66. The smallest absolute Gasteiger partial charge is 0.230 e. The Kier molecular flexibility index (Phi) is 4.76. The number of carbonyl (C=O) groups excluding carboxylic acids is 1. The van der Waals surface area contributed by atoms with Gasteiger partial charge in [-0.15, -0.1) is 0 Å². The van der Waals surface area contributed by atoms with Crippen LogP contribution in [-0.2, 0) is 14.6 Å². The number of halogens is 2. The summed E-state index contributed by atoms with van der Waals surface area (Å²) in [5.41, 5.74) is 0.600. The highest BCUT2D eigenvalue weighted by Crippen LogP contribution is 2.29. The van der Waals surface area contributed by atoms with Gasteiger partial charge in [-0.25, -0.2) is 13.4 Å². The van der Waals surface area contributed by atoms with Crippen LogP contribution in [0.4, 0.5) is 0 Å². The summed E-state index contributed by atoms with van der Waals surface area (Å²) in [6.07, 6.45) is 0.435. The molecule has 0 bridgehead atoms. The van der Waals surface area contributed by atoms with E-state index in [0.717, 1.165) is 0 Å². The van der Waals surface area contributed by atoms with Crippen LogP contribution in [-0.4, -0.2) is 47.1 Å². The normalized spacial score (nSPS) is 22.8. The minimum Gasteiger partial charge on any atom is -0.349 e. The molecule has 1 saturated heterocycles. The number of aromatic nitrogens is 2. The van der Waals surface area contributed by atoms with Crippen molar-refractivity contribution in [1.29, 1.82) is 0 Å². The molecule has 1 aliphatic heterocycles. The number of nitrogens with zero attached hydrogens (tertiary/aromatic N) is 1. The molecule has 3 rings (SSSR count). The topological polar surface area (TPSA) is 91.9 Å². The third kappa shape index (κ3) is 3.99. The molecule has 2 heterocycles. The quantitative estimate of drug-likeness (QED) is 0.759. The van der Waals surface area contributed by atoms with Gasteiger partial charge in [-0.3, -0.25) is 4.79 Å². The summed E-state index contributed by atoms with van der Waals surface area (Å²) in [6, 6.07) is 3.32. The van der Waals surface area contributed by atoms with Crippen LogP contribution in [0.1, 0.15) is 13.3 Å². The molecule has 1 aromatic carbocycles. The summed E-state index contributed by atoms with van der Waals surface area (Å²) in [5, 5.41) is 4.30. The van der Waals surface area contributed by atoms with Crippen LogP contribution in [0.25, 0.3) is 11.0 Å². The van der Waals surface area contributed by atoms with Crippen LogP contribution in [0, 0.1) is 0 Å². The minimum absolute atomic E-state index is 0.0187. The molecule has 1 fully saturated rings. The molecule has 0 saturated carbocycles. The van der Waals surface area contributed by atoms with Crippen LogP contribution in [0.3, 0.4) is 0 Å². The molecule has 0 spiro atoms. The van der Waals surface area contributed by atoms with Gasteiger partial charge in [0.05, 0.1) is 33.3 Å². The maximum Gasteiger partial charge on any atom is 0.230 e. The summed E-state index contributed by atoms with van der Waals surface area (Å²) in [6.45, 7) is 1.75. The molecule has 24 heavy (non-hydrogen) atoms. The van der Waals surface area contributed by atoms with E-state index in [9.17, 15) is 13.2 Å². The van der Waals surface area contributed by atoms with E-state index in [-0.39, 0.29) is 23.2 Å². The van der Waals surface area contributed by atoms with Crippen molar-refractivity contribution in [3.8, 4) is 0 Å². The summed E-state index contributed by atoms with van der Waals surface area (Å²) >= 11 is 13.2. The molecule has 1 aromatic heterocycles. The van der Waals surface area contributed by atoms with Crippen molar-refractivity contribution in [1.82, 2.24) is 15.3 Å². The Morgan fingerprint density at radius 1 is 1.46 bits per heavy atom. The van der Waals surface area contributed by atoms with E-state index in [0.29, 0.717) is 32.7 Å². The first-order valence-electron chi connectivity index (χ1n) is 7.15. The molecule has 1 unspecified atom stereocenters. The Labute approximate surface area is 153 Å². The molecule has 6 nitrogen and oxygen atoms in total. The SMILES string of the molecule is CC1(NC(=O)CSc2nc3c(Cl)cc(Cl)cc3[nH]2)CCS(=O)(=O)C1. The van der Waals surface area contributed by atoms with E-state index in [1.165, 1.54) is 11.8 Å². The fourth-order valence-electron chi connectivity index (χ4n) is 2.70. The van der Waals surface area contributed by atoms with Crippen LogP contribution in [0.15, 0.2) is 17.3 Å². The Bertz CT molecular complexity index is 913. The van der Waals surface area contributed by atoms with Gasteiger partial charge in [0.15, 0.2) is 15.0 Å². The standard InChI is InChI=1S/C14H15Cl2N3O3S2/c1-14(2-3-24(21,22)7-14)19-11(20)6-23-13-17-10-5-8(15)4-9(16)12(10)18-13/h4-5H,2-3,6-7H2,1H3,(H,17,18)(H,19,20). The number of aromatic amines is 1. The van der Waals surface area contributed by atoms with Crippen molar-refractivity contribution in [2.75, 3.05) is 17.3 Å². The fraction of sp³-hybridized carbons (Fsp3) is 0.429. The molecular weight excluding hydrogens is 393 g/mol. The average molecular weight is 408 g/mol. The van der Waals surface area contributed by atoms with E-state index < -0.39 is 15.4 Å². The number of benzene rings is 1. The number of carbonyl (C=O) groups is 1. The van der Waals surface area contributed by atoms with E-state index in [2.05, 4.69) is 15.3 Å². The molecule has 130 valence electrons. The van der Waals surface area contributed by atoms with Gasteiger partial charge >= 0.3 is 0 Å². The molecule has 0 aliphatic carbocycles. The average Bonchev–Trinajstić information content (AvgIpc) is 2.97. The van der Waals surface area contributed by atoms with E-state index in [4.69, 9.17) is 23.2 Å². The maximum absolute atomic E-state index is 12.1. The molecule has 10 heteroatoms. The number of imidazole rings is 1. The van der Waals surface area contributed by atoms with Crippen molar-refractivity contribution in [3.63, 3.8) is 0 Å². The second-order valence-electron chi connectivity index (χ2n) is 6.07. The molecule has 1 amide bonds. The fourth-order valence-corrected chi connectivity index (χ4v) is 6.01. The van der Waals surface area contributed by atoms with Gasteiger partial charge in [0, 0.05) is 5.02 Å². The molecule has 2 N–H and O–H groups in total. The highest BCUT2D eigenvalue weighted by molar-refractivity contribution is 7.99. The van der Waals surface area contributed by atoms with Crippen molar-refractivity contribution in [2.24, 2.45) is 0 Å². The highest BCUT2D eigenvalue weighted by atomic mass is 35.5. The summed E-state index contributed by atoms with van der Waals surface area (Å²) in [4.78, 5) is 19.5. The molecule has 1 aliphatic rings. The lowest BCUT2D eigenvalue weighted by molar-refractivity contribution is -0.120. The molecule has 0 radical (unpaired) electrons. The summed E-state index contributed by atoms with van der Waals surface area (Å²) in [7, 11) is -3.06. The van der Waals surface area contributed by atoms with Crippen molar-refractivity contribution in [2.45, 2.75) is 24.0 Å². The van der Waals surface area contributed by atoms with Gasteiger partial charge in [0.1, 0.15) is 5.52 Å². The van der Waals surface area contributed by atoms with Crippen molar-refractivity contribution in [3.05, 3.63) is 22.2 Å². The highest BCUT2D eigenvalue weighted by Gasteiger charge is 2.39. The first kappa shape index (κ1) is 17.8. The van der Waals surface area contributed by atoms with Crippen LogP contribution in [0.5, 0.6) is 0 Å². The van der Waals surface area contributed by atoms with E-state index in [1.807, 2.05) is 0 Å². The van der Waals surface area contributed by atoms with Gasteiger partial charge in [-0.1, -0.05) is 35.0 Å². The van der Waals surface area contributed by atoms with E-state index >= 15 is 0 Å². The molecule has 1 atom stereocenters. The number of hydrogen-bond acceptors (Lipinski definition) is 5. The Morgan fingerprint density at radius 3 is 2.88 bits per heavy atom. The Hall–Kier alpha value is -0.960. The number of amides is 1. The first-order chi connectivity index (χ1) is 11.2. The first-order valence-corrected chi connectivity index (χ1v) is 10.7. The lowest BCUT2D eigenvalue weighted by Gasteiger charge is -2.23. The zero-order chi connectivity index (χ0) is 17.5. The van der Waals surface area contributed by atoms with Gasteiger partial charge < -0.3 is 10.3 Å². The van der Waals surface area contributed by atoms with Crippen molar-refractivity contribution < 1.29 is 13.2 Å². The van der Waals surface area contributed by atoms with Gasteiger partial charge in [-0.2, -0.15) is 0 Å².